The van der Waals surface area contributed by atoms with Crippen LogP contribution in [0, 0.1) is 14.4 Å². The summed E-state index contributed by atoms with van der Waals surface area (Å²) < 4.78 is 19.3. The number of halogens is 2. The van der Waals surface area contributed by atoms with Gasteiger partial charge in [-0.15, -0.1) is 4.91 Å². The molecule has 0 aliphatic heterocycles. The van der Waals surface area contributed by atoms with Crippen LogP contribution in [0.25, 0.3) is 0 Å². The molecule has 0 saturated heterocycles. The molecule has 0 unspecified atom stereocenters. The highest BCUT2D eigenvalue weighted by Gasteiger charge is 2.07. The van der Waals surface area contributed by atoms with Crippen molar-refractivity contribution < 1.29 is 9.13 Å². The number of rotatable bonds is 3. The van der Waals surface area contributed by atoms with Gasteiger partial charge in [-0.05, 0) is 39.9 Å². The number of nitroso groups, excluding NO2 is 1. The minimum absolute atomic E-state index is 0.00659. The van der Waals surface area contributed by atoms with Crippen molar-refractivity contribution in [2.45, 2.75) is 0 Å². The molecule has 0 aliphatic carbocycles. The number of nitrogens with zero attached hydrogens (tertiary/aromatic N) is 3. The largest absolute Gasteiger partial charge is 0.436 e. The van der Waals surface area contributed by atoms with E-state index in [0.29, 0.717) is 3.70 Å². The van der Waals surface area contributed by atoms with Crippen LogP contribution in [0.4, 0.5) is 10.1 Å². The van der Waals surface area contributed by atoms with Gasteiger partial charge in [-0.3, -0.25) is 0 Å². The van der Waals surface area contributed by atoms with Crippen molar-refractivity contribution >= 4 is 28.3 Å². The second kappa shape index (κ2) is 5.13. The van der Waals surface area contributed by atoms with Gasteiger partial charge >= 0.3 is 0 Å². The van der Waals surface area contributed by atoms with Crippen molar-refractivity contribution in [3.8, 4) is 11.6 Å². The number of benzene rings is 1. The van der Waals surface area contributed by atoms with E-state index in [2.05, 4.69) is 15.1 Å². The summed E-state index contributed by atoms with van der Waals surface area (Å²) >= 11 is 1.99. The molecule has 5 nitrogen and oxygen atoms in total. The van der Waals surface area contributed by atoms with Crippen LogP contribution in [-0.4, -0.2) is 9.97 Å². The molecule has 7 heteroatoms. The zero-order chi connectivity index (χ0) is 12.3. The second-order valence-electron chi connectivity index (χ2n) is 2.99. The van der Waals surface area contributed by atoms with Gasteiger partial charge in [-0.2, -0.15) is 0 Å². The van der Waals surface area contributed by atoms with E-state index in [0.717, 1.165) is 6.07 Å². The first kappa shape index (κ1) is 11.8. The van der Waals surface area contributed by atoms with Crippen molar-refractivity contribution in [1.29, 1.82) is 0 Å². The van der Waals surface area contributed by atoms with Gasteiger partial charge in [0.2, 0.25) is 5.88 Å². The topological polar surface area (TPSA) is 64.4 Å². The summed E-state index contributed by atoms with van der Waals surface area (Å²) in [6.07, 6.45) is 1.32. The standard InChI is InChI=1S/C10H5FIN3O2/c11-7-3-6(15-16)1-2-8(7)17-10-4-9(12)13-5-14-10/h1-5H. The van der Waals surface area contributed by atoms with Crippen LogP contribution < -0.4 is 4.74 Å². The van der Waals surface area contributed by atoms with Crippen molar-refractivity contribution in [3.05, 3.63) is 45.0 Å². The van der Waals surface area contributed by atoms with Gasteiger partial charge in [0.25, 0.3) is 0 Å². The van der Waals surface area contributed by atoms with Crippen LogP contribution >= 0.6 is 22.6 Å². The fourth-order valence-electron chi connectivity index (χ4n) is 1.12. The lowest BCUT2D eigenvalue weighted by Gasteiger charge is -2.05. The van der Waals surface area contributed by atoms with E-state index < -0.39 is 5.82 Å². The highest BCUT2D eigenvalue weighted by molar-refractivity contribution is 14.1. The Bertz CT molecular complexity index is 565. The predicted octanol–water partition coefficient (Wildman–Crippen LogP) is 3.41. The van der Waals surface area contributed by atoms with Crippen LogP contribution in [0.3, 0.4) is 0 Å². The lowest BCUT2D eigenvalue weighted by molar-refractivity contribution is 0.426. The van der Waals surface area contributed by atoms with E-state index in [-0.39, 0.29) is 17.3 Å². The van der Waals surface area contributed by atoms with Crippen LogP contribution in [-0.2, 0) is 0 Å². The summed E-state index contributed by atoms with van der Waals surface area (Å²) in [6, 6.07) is 5.24. The molecule has 2 aromatic rings. The van der Waals surface area contributed by atoms with Gasteiger partial charge in [-0.25, -0.2) is 14.4 Å². The summed E-state index contributed by atoms with van der Waals surface area (Å²) in [5.74, 6) is -0.460. The highest BCUT2D eigenvalue weighted by Crippen LogP contribution is 2.26. The summed E-state index contributed by atoms with van der Waals surface area (Å²) in [7, 11) is 0. The minimum atomic E-state index is -0.671. The quantitative estimate of drug-likeness (QED) is 0.486. The van der Waals surface area contributed by atoms with Gasteiger partial charge in [0.1, 0.15) is 15.7 Å². The lowest BCUT2D eigenvalue weighted by atomic mass is 10.3. The fourth-order valence-corrected chi connectivity index (χ4v) is 1.51. The van der Waals surface area contributed by atoms with E-state index >= 15 is 0 Å². The molecule has 0 atom stereocenters. The molecule has 0 aliphatic rings. The predicted molar refractivity (Wildman–Crippen MR) is 66.7 cm³/mol. The highest BCUT2D eigenvalue weighted by atomic mass is 127. The molecule has 17 heavy (non-hydrogen) atoms. The Morgan fingerprint density at radius 3 is 2.76 bits per heavy atom. The summed E-state index contributed by atoms with van der Waals surface area (Å²) in [6.45, 7) is 0. The molecule has 0 spiro atoms. The zero-order valence-electron chi connectivity index (χ0n) is 8.30. The molecule has 2 rings (SSSR count). The van der Waals surface area contributed by atoms with Crippen molar-refractivity contribution in [1.82, 2.24) is 9.97 Å². The molecule has 0 bridgehead atoms. The van der Waals surface area contributed by atoms with Crippen molar-refractivity contribution in [3.63, 3.8) is 0 Å². The van der Waals surface area contributed by atoms with Crippen LogP contribution in [0.2, 0.25) is 0 Å². The molecule has 1 aromatic heterocycles. The Hall–Kier alpha value is -1.64. The first-order valence-electron chi connectivity index (χ1n) is 4.47. The third-order valence-corrected chi connectivity index (χ3v) is 2.43. The maximum atomic E-state index is 13.5. The number of hydrogen-bond acceptors (Lipinski definition) is 5. The van der Waals surface area contributed by atoms with E-state index in [1.54, 1.807) is 6.07 Å². The SMILES string of the molecule is O=Nc1ccc(Oc2cc(I)ncn2)c(F)c1. The van der Waals surface area contributed by atoms with Gasteiger partial charge in [-0.1, -0.05) is 0 Å². The second-order valence-corrected chi connectivity index (χ2v) is 4.09. The van der Waals surface area contributed by atoms with Crippen LogP contribution in [0.1, 0.15) is 0 Å². The van der Waals surface area contributed by atoms with E-state index in [4.69, 9.17) is 4.74 Å². The Balaban J connectivity index is 2.27. The molecule has 0 radical (unpaired) electrons. The smallest absolute Gasteiger partial charge is 0.223 e. The maximum Gasteiger partial charge on any atom is 0.223 e. The third kappa shape index (κ3) is 2.93. The Kier molecular flexibility index (Phi) is 3.57. The zero-order valence-corrected chi connectivity index (χ0v) is 10.5. The monoisotopic (exact) mass is 345 g/mol. The van der Waals surface area contributed by atoms with Gasteiger partial charge in [0.15, 0.2) is 11.6 Å². The number of aromatic nitrogens is 2. The summed E-state index contributed by atoms with van der Waals surface area (Å²) in [4.78, 5) is 17.9. The molecule has 1 aromatic carbocycles. The average molecular weight is 345 g/mol. The minimum Gasteiger partial charge on any atom is -0.436 e. The molecular formula is C10H5FIN3O2. The summed E-state index contributed by atoms with van der Waals surface area (Å²) in [5, 5.41) is 2.62. The third-order valence-electron chi connectivity index (χ3n) is 1.84. The molecule has 0 amide bonds. The molecule has 1 heterocycles. The molecule has 0 N–H and O–H groups in total. The first-order chi connectivity index (χ1) is 8.19. The normalized spacial score (nSPS) is 10.0. The van der Waals surface area contributed by atoms with Crippen molar-refractivity contribution in [2.75, 3.05) is 0 Å². The molecule has 86 valence electrons. The summed E-state index contributed by atoms with van der Waals surface area (Å²) in [5.41, 5.74) is 0.00659. The molecule has 0 fully saturated rings. The van der Waals surface area contributed by atoms with E-state index in [1.807, 2.05) is 22.6 Å². The van der Waals surface area contributed by atoms with Crippen molar-refractivity contribution in [2.24, 2.45) is 5.18 Å². The Labute approximate surface area is 109 Å². The Morgan fingerprint density at radius 2 is 2.12 bits per heavy atom. The van der Waals surface area contributed by atoms with Gasteiger partial charge in [0.05, 0.1) is 0 Å². The van der Waals surface area contributed by atoms with Crippen LogP contribution in [0.15, 0.2) is 35.8 Å². The number of hydrogen-bond donors (Lipinski definition) is 0. The maximum absolute atomic E-state index is 13.5. The lowest BCUT2D eigenvalue weighted by Crippen LogP contribution is -1.92. The van der Waals surface area contributed by atoms with E-state index in [9.17, 15) is 9.30 Å². The Morgan fingerprint density at radius 1 is 1.29 bits per heavy atom. The van der Waals surface area contributed by atoms with E-state index in [1.165, 1.54) is 18.5 Å². The van der Waals surface area contributed by atoms with Crippen LogP contribution in [0.5, 0.6) is 11.6 Å². The number of ether oxygens (including phenoxy) is 1. The molecular weight excluding hydrogens is 340 g/mol. The van der Waals surface area contributed by atoms with Gasteiger partial charge in [0, 0.05) is 12.1 Å². The average Bonchev–Trinajstić information content (AvgIpc) is 2.32. The fraction of sp³-hybridized carbons (Fsp3) is 0. The first-order valence-corrected chi connectivity index (χ1v) is 5.55. The molecule has 0 saturated carbocycles. The van der Waals surface area contributed by atoms with Gasteiger partial charge < -0.3 is 4.74 Å².